The second kappa shape index (κ2) is 8.38. The second-order valence-corrected chi connectivity index (χ2v) is 4.09. The van der Waals surface area contributed by atoms with E-state index in [1.165, 1.54) is 0 Å². The van der Waals surface area contributed by atoms with E-state index in [1.807, 2.05) is 25.7 Å². The molecule has 4 heteroatoms. The maximum absolute atomic E-state index is 11.2. The Labute approximate surface area is 85.0 Å². The van der Waals surface area contributed by atoms with Crippen LogP contribution in [0, 0.1) is 0 Å². The number of hydrogen-bond acceptors (Lipinski definition) is 3. The first-order valence-electron chi connectivity index (χ1n) is 4.63. The van der Waals surface area contributed by atoms with Crippen molar-refractivity contribution in [1.82, 2.24) is 10.6 Å². The average Bonchev–Trinajstić information content (AvgIpc) is 2.11. The van der Waals surface area contributed by atoms with E-state index in [2.05, 4.69) is 16.9 Å². The summed E-state index contributed by atoms with van der Waals surface area (Å²) in [4.78, 5) is 11.2. The standard InChI is InChI=1S/C9H20N2OS/c1-8(5-7-13-3)11-9(12)4-6-10-2/h8,10H,4-7H2,1-3H3,(H,11,12). The van der Waals surface area contributed by atoms with E-state index in [1.54, 1.807) is 0 Å². The van der Waals surface area contributed by atoms with Crippen molar-refractivity contribution in [2.75, 3.05) is 25.6 Å². The highest BCUT2D eigenvalue weighted by Gasteiger charge is 2.05. The number of rotatable bonds is 7. The lowest BCUT2D eigenvalue weighted by atomic mass is 10.2. The number of carbonyl (C=O) groups excluding carboxylic acids is 1. The van der Waals surface area contributed by atoms with Gasteiger partial charge in [-0.05, 0) is 32.4 Å². The van der Waals surface area contributed by atoms with Crippen LogP contribution in [0.3, 0.4) is 0 Å². The first-order valence-corrected chi connectivity index (χ1v) is 6.03. The first kappa shape index (κ1) is 12.8. The molecule has 78 valence electrons. The molecule has 0 aromatic heterocycles. The van der Waals surface area contributed by atoms with Crippen LogP contribution < -0.4 is 10.6 Å². The quantitative estimate of drug-likeness (QED) is 0.646. The molecule has 1 atom stereocenters. The molecule has 1 amide bonds. The molecule has 0 bridgehead atoms. The molecule has 0 aliphatic heterocycles. The Morgan fingerprint density at radius 3 is 2.77 bits per heavy atom. The van der Waals surface area contributed by atoms with Gasteiger partial charge < -0.3 is 10.6 Å². The summed E-state index contributed by atoms with van der Waals surface area (Å²) in [6.07, 6.45) is 3.70. The summed E-state index contributed by atoms with van der Waals surface area (Å²) < 4.78 is 0. The average molecular weight is 204 g/mol. The highest BCUT2D eigenvalue weighted by atomic mass is 32.2. The zero-order valence-corrected chi connectivity index (χ0v) is 9.54. The Hall–Kier alpha value is -0.220. The Morgan fingerprint density at radius 1 is 1.54 bits per heavy atom. The van der Waals surface area contributed by atoms with Crippen LogP contribution in [0.25, 0.3) is 0 Å². The van der Waals surface area contributed by atoms with Gasteiger partial charge in [0.1, 0.15) is 0 Å². The minimum absolute atomic E-state index is 0.142. The van der Waals surface area contributed by atoms with Crippen molar-refractivity contribution in [3.63, 3.8) is 0 Å². The predicted octanol–water partition coefficient (Wildman–Crippen LogP) is 0.854. The largest absolute Gasteiger partial charge is 0.354 e. The number of amides is 1. The number of nitrogens with one attached hydrogen (secondary N) is 2. The summed E-state index contributed by atoms with van der Waals surface area (Å²) in [5.41, 5.74) is 0. The smallest absolute Gasteiger partial charge is 0.221 e. The summed E-state index contributed by atoms with van der Waals surface area (Å²) in [5.74, 6) is 1.25. The van der Waals surface area contributed by atoms with Crippen LogP contribution in [0.4, 0.5) is 0 Å². The zero-order chi connectivity index (χ0) is 10.1. The Bertz CT molecular complexity index is 142. The normalized spacial score (nSPS) is 12.5. The maximum atomic E-state index is 11.2. The second-order valence-electron chi connectivity index (χ2n) is 3.10. The van der Waals surface area contributed by atoms with Gasteiger partial charge in [0.25, 0.3) is 0 Å². The molecule has 0 spiro atoms. The van der Waals surface area contributed by atoms with Crippen LogP contribution in [0.2, 0.25) is 0 Å². The lowest BCUT2D eigenvalue weighted by Crippen LogP contribution is -2.34. The van der Waals surface area contributed by atoms with Gasteiger partial charge in [-0.15, -0.1) is 0 Å². The van der Waals surface area contributed by atoms with Crippen LogP contribution in [0.1, 0.15) is 19.8 Å². The van der Waals surface area contributed by atoms with E-state index < -0.39 is 0 Å². The van der Waals surface area contributed by atoms with Crippen molar-refractivity contribution in [1.29, 1.82) is 0 Å². The topological polar surface area (TPSA) is 41.1 Å². The molecule has 0 heterocycles. The van der Waals surface area contributed by atoms with Gasteiger partial charge in [-0.1, -0.05) is 0 Å². The van der Waals surface area contributed by atoms with Crippen molar-refractivity contribution >= 4 is 17.7 Å². The molecule has 3 nitrogen and oxygen atoms in total. The molecule has 1 unspecified atom stereocenters. The van der Waals surface area contributed by atoms with Gasteiger partial charge in [-0.3, -0.25) is 4.79 Å². The molecule has 0 fully saturated rings. The molecule has 13 heavy (non-hydrogen) atoms. The summed E-state index contributed by atoms with van der Waals surface area (Å²) in [7, 11) is 1.85. The lowest BCUT2D eigenvalue weighted by Gasteiger charge is -2.12. The molecule has 0 aromatic rings. The van der Waals surface area contributed by atoms with Gasteiger partial charge in [-0.2, -0.15) is 11.8 Å². The number of hydrogen-bond donors (Lipinski definition) is 2. The fourth-order valence-corrected chi connectivity index (χ4v) is 1.54. The molecule has 0 radical (unpaired) electrons. The Kier molecular flexibility index (Phi) is 8.24. The minimum Gasteiger partial charge on any atom is -0.354 e. The van der Waals surface area contributed by atoms with Crippen molar-refractivity contribution in [2.45, 2.75) is 25.8 Å². The Morgan fingerprint density at radius 2 is 2.23 bits per heavy atom. The summed E-state index contributed by atoms with van der Waals surface area (Å²) in [5, 5.41) is 5.91. The zero-order valence-electron chi connectivity index (χ0n) is 8.72. The summed E-state index contributed by atoms with van der Waals surface area (Å²) in [6, 6.07) is 0.303. The SMILES string of the molecule is CNCCC(=O)NC(C)CCSC. The molecular formula is C9H20N2OS. The van der Waals surface area contributed by atoms with Crippen molar-refractivity contribution in [2.24, 2.45) is 0 Å². The fraction of sp³-hybridized carbons (Fsp3) is 0.889. The summed E-state index contributed by atoms with van der Waals surface area (Å²) >= 11 is 1.81. The van der Waals surface area contributed by atoms with Gasteiger partial charge >= 0.3 is 0 Å². The fourth-order valence-electron chi connectivity index (χ4n) is 0.952. The maximum Gasteiger partial charge on any atom is 0.221 e. The molecule has 0 saturated carbocycles. The predicted molar refractivity (Wildman–Crippen MR) is 59.1 cm³/mol. The van der Waals surface area contributed by atoms with Gasteiger partial charge in [0.2, 0.25) is 5.91 Å². The van der Waals surface area contributed by atoms with Crippen LogP contribution in [0.15, 0.2) is 0 Å². The van der Waals surface area contributed by atoms with Crippen molar-refractivity contribution in [3.05, 3.63) is 0 Å². The van der Waals surface area contributed by atoms with Crippen LogP contribution in [-0.4, -0.2) is 37.6 Å². The Balaban J connectivity index is 3.41. The van der Waals surface area contributed by atoms with E-state index in [0.717, 1.165) is 18.7 Å². The third-order valence-corrected chi connectivity index (χ3v) is 2.41. The number of thioether (sulfide) groups is 1. The van der Waals surface area contributed by atoms with Crippen LogP contribution >= 0.6 is 11.8 Å². The van der Waals surface area contributed by atoms with Crippen molar-refractivity contribution < 1.29 is 4.79 Å². The highest BCUT2D eigenvalue weighted by Crippen LogP contribution is 1.99. The van der Waals surface area contributed by atoms with E-state index >= 15 is 0 Å². The lowest BCUT2D eigenvalue weighted by molar-refractivity contribution is -0.121. The molecule has 0 aliphatic rings. The molecular weight excluding hydrogens is 184 g/mol. The third-order valence-electron chi connectivity index (χ3n) is 1.76. The first-order chi connectivity index (χ1) is 6.20. The molecule has 0 saturated heterocycles. The van der Waals surface area contributed by atoms with Crippen molar-refractivity contribution in [3.8, 4) is 0 Å². The molecule has 2 N–H and O–H groups in total. The molecule has 0 rings (SSSR count). The van der Waals surface area contributed by atoms with Gasteiger partial charge in [0.15, 0.2) is 0 Å². The van der Waals surface area contributed by atoms with Crippen LogP contribution in [-0.2, 0) is 4.79 Å². The van der Waals surface area contributed by atoms with E-state index in [-0.39, 0.29) is 5.91 Å². The van der Waals surface area contributed by atoms with E-state index in [9.17, 15) is 4.79 Å². The van der Waals surface area contributed by atoms with Gasteiger partial charge in [0.05, 0.1) is 0 Å². The highest BCUT2D eigenvalue weighted by molar-refractivity contribution is 7.98. The molecule has 0 aromatic carbocycles. The van der Waals surface area contributed by atoms with E-state index in [4.69, 9.17) is 0 Å². The van der Waals surface area contributed by atoms with Gasteiger partial charge in [0, 0.05) is 19.0 Å². The minimum atomic E-state index is 0.142. The van der Waals surface area contributed by atoms with Crippen LogP contribution in [0.5, 0.6) is 0 Å². The number of carbonyl (C=O) groups is 1. The van der Waals surface area contributed by atoms with Gasteiger partial charge in [-0.25, -0.2) is 0 Å². The third kappa shape index (κ3) is 8.12. The summed E-state index contributed by atoms with van der Waals surface area (Å²) in [6.45, 7) is 2.80. The molecule has 0 aliphatic carbocycles. The van der Waals surface area contributed by atoms with E-state index in [0.29, 0.717) is 12.5 Å². The monoisotopic (exact) mass is 204 g/mol.